The molecule has 1 amide bonds. The van der Waals surface area contributed by atoms with E-state index in [9.17, 15) is 4.79 Å². The predicted molar refractivity (Wildman–Crippen MR) is 74.3 cm³/mol. The van der Waals surface area contributed by atoms with Gasteiger partial charge in [-0.15, -0.1) is 0 Å². The normalized spacial score (nSPS) is 10.5. The Kier molecular flexibility index (Phi) is 6.25. The number of benzene rings is 1. The quantitative estimate of drug-likeness (QED) is 0.529. The third-order valence-electron chi connectivity index (χ3n) is 2.39. The van der Waals surface area contributed by atoms with Gasteiger partial charge in [0.1, 0.15) is 0 Å². The lowest BCUT2D eigenvalue weighted by atomic mass is 9.81. The summed E-state index contributed by atoms with van der Waals surface area (Å²) in [6.07, 6.45) is 1.37. The van der Waals surface area contributed by atoms with E-state index in [0.29, 0.717) is 17.8 Å². The van der Waals surface area contributed by atoms with E-state index in [0.717, 1.165) is 11.3 Å². The first-order chi connectivity index (χ1) is 8.49. The zero-order valence-electron chi connectivity index (χ0n) is 10.6. The van der Waals surface area contributed by atoms with E-state index in [4.69, 9.17) is 10.0 Å². The van der Waals surface area contributed by atoms with Crippen LogP contribution in [0.1, 0.15) is 26.7 Å². The molecule has 0 saturated carbocycles. The fourth-order valence-electron chi connectivity index (χ4n) is 1.33. The Bertz CT molecular complexity index is 399. The predicted octanol–water partition coefficient (Wildman–Crippen LogP) is 0.926. The van der Waals surface area contributed by atoms with Crippen LogP contribution in [-0.2, 0) is 4.79 Å². The molecular weight excluding hydrogens is 249 g/mol. The van der Waals surface area contributed by atoms with Gasteiger partial charge in [-0.05, 0) is 41.9 Å². The Morgan fingerprint density at radius 1 is 1.44 bits per heavy atom. The molecule has 0 saturated heterocycles. The Balaban J connectivity index is 2.43. The van der Waals surface area contributed by atoms with Crippen LogP contribution in [-0.4, -0.2) is 23.1 Å². The summed E-state index contributed by atoms with van der Waals surface area (Å²) in [7, 11) is -1.48. The summed E-state index contributed by atoms with van der Waals surface area (Å²) >= 11 is 1.19. The van der Waals surface area contributed by atoms with Gasteiger partial charge in [-0.2, -0.15) is 0 Å². The molecule has 0 unspecified atom stereocenters. The van der Waals surface area contributed by atoms with E-state index < -0.39 is 7.12 Å². The number of carbonyl (C=O) groups excluding carboxylic acids is 1. The third-order valence-corrected chi connectivity index (χ3v) is 3.21. The molecule has 0 aliphatic heterocycles. The zero-order chi connectivity index (χ0) is 13.5. The Morgan fingerprint density at radius 3 is 2.78 bits per heavy atom. The number of nitrogens with one attached hydrogen (secondary N) is 1. The van der Waals surface area contributed by atoms with Crippen LogP contribution < -0.4 is 10.2 Å². The van der Waals surface area contributed by atoms with E-state index in [-0.39, 0.29) is 5.91 Å². The minimum Gasteiger partial charge on any atom is -0.423 e. The maximum Gasteiger partial charge on any atom is 0.488 e. The minimum atomic E-state index is -1.48. The van der Waals surface area contributed by atoms with Gasteiger partial charge in [-0.25, -0.2) is 0 Å². The van der Waals surface area contributed by atoms with Gasteiger partial charge in [0.05, 0.1) is 0 Å². The first-order valence-electron chi connectivity index (χ1n) is 5.91. The van der Waals surface area contributed by atoms with Crippen molar-refractivity contribution in [3.63, 3.8) is 0 Å². The molecule has 98 valence electrons. The molecule has 0 atom stereocenters. The molecule has 1 aromatic rings. The largest absolute Gasteiger partial charge is 0.488 e. The molecular formula is C12H18BNO3S. The van der Waals surface area contributed by atoms with Crippen molar-refractivity contribution in [1.82, 2.24) is 4.72 Å². The van der Waals surface area contributed by atoms with Gasteiger partial charge in [0.2, 0.25) is 5.91 Å². The van der Waals surface area contributed by atoms with E-state index in [1.165, 1.54) is 11.9 Å². The average molecular weight is 267 g/mol. The first-order valence-corrected chi connectivity index (χ1v) is 6.72. The topological polar surface area (TPSA) is 69.6 Å². The van der Waals surface area contributed by atoms with Gasteiger partial charge in [0.25, 0.3) is 0 Å². The van der Waals surface area contributed by atoms with Gasteiger partial charge in [-0.3, -0.25) is 9.52 Å². The molecule has 6 heteroatoms. The van der Waals surface area contributed by atoms with Crippen molar-refractivity contribution in [3.8, 4) is 0 Å². The van der Waals surface area contributed by atoms with Crippen LogP contribution in [0.5, 0.6) is 0 Å². The lowest BCUT2D eigenvalue weighted by Gasteiger charge is -2.07. The van der Waals surface area contributed by atoms with Gasteiger partial charge >= 0.3 is 7.12 Å². The molecule has 1 aromatic carbocycles. The monoisotopic (exact) mass is 267 g/mol. The number of rotatable bonds is 6. The van der Waals surface area contributed by atoms with Crippen LogP contribution in [0.4, 0.5) is 0 Å². The van der Waals surface area contributed by atoms with Gasteiger partial charge in [-0.1, -0.05) is 26.0 Å². The minimum absolute atomic E-state index is 0.0105. The van der Waals surface area contributed by atoms with Crippen molar-refractivity contribution < 1.29 is 14.8 Å². The Morgan fingerprint density at radius 2 is 2.17 bits per heavy atom. The highest BCUT2D eigenvalue weighted by molar-refractivity contribution is 7.98. The molecule has 18 heavy (non-hydrogen) atoms. The maximum atomic E-state index is 11.5. The number of amides is 1. The van der Waals surface area contributed by atoms with Crippen molar-refractivity contribution in [1.29, 1.82) is 0 Å². The van der Waals surface area contributed by atoms with Crippen molar-refractivity contribution in [2.75, 3.05) is 0 Å². The molecule has 0 spiro atoms. The molecule has 0 radical (unpaired) electrons. The fraction of sp³-hybridized carbons (Fsp3) is 0.417. The maximum absolute atomic E-state index is 11.5. The molecule has 1 rings (SSSR count). The molecule has 0 aliphatic carbocycles. The van der Waals surface area contributed by atoms with Crippen molar-refractivity contribution >= 4 is 30.4 Å². The van der Waals surface area contributed by atoms with E-state index in [1.807, 2.05) is 0 Å². The molecule has 3 N–H and O–H groups in total. The lowest BCUT2D eigenvalue weighted by molar-refractivity contribution is -0.119. The van der Waals surface area contributed by atoms with Crippen molar-refractivity contribution in [2.45, 2.75) is 31.6 Å². The van der Waals surface area contributed by atoms with E-state index >= 15 is 0 Å². The number of carbonyl (C=O) groups is 1. The lowest BCUT2D eigenvalue weighted by Crippen LogP contribution is -2.29. The smallest absolute Gasteiger partial charge is 0.423 e. The van der Waals surface area contributed by atoms with Gasteiger partial charge in [0, 0.05) is 11.3 Å². The van der Waals surface area contributed by atoms with Gasteiger partial charge < -0.3 is 10.0 Å². The highest BCUT2D eigenvalue weighted by Gasteiger charge is 2.11. The van der Waals surface area contributed by atoms with Crippen LogP contribution >= 0.6 is 11.9 Å². The van der Waals surface area contributed by atoms with Crippen LogP contribution in [0.25, 0.3) is 0 Å². The second-order valence-electron chi connectivity index (χ2n) is 4.51. The molecule has 0 heterocycles. The summed E-state index contributed by atoms with van der Waals surface area (Å²) in [5, 5.41) is 18.1. The summed E-state index contributed by atoms with van der Waals surface area (Å²) in [4.78, 5) is 12.3. The highest BCUT2D eigenvalue weighted by atomic mass is 32.2. The number of hydrogen-bond donors (Lipinski definition) is 3. The van der Waals surface area contributed by atoms with Crippen molar-refractivity contribution in [2.24, 2.45) is 5.92 Å². The molecule has 0 bridgehead atoms. The molecule has 0 fully saturated rings. The van der Waals surface area contributed by atoms with Crippen LogP contribution in [0.2, 0.25) is 0 Å². The van der Waals surface area contributed by atoms with Crippen molar-refractivity contribution in [3.05, 3.63) is 24.3 Å². The van der Waals surface area contributed by atoms with E-state index in [1.54, 1.807) is 24.3 Å². The first kappa shape index (κ1) is 15.1. The van der Waals surface area contributed by atoms with Gasteiger partial charge in [0.15, 0.2) is 0 Å². The fourth-order valence-corrected chi connectivity index (χ4v) is 2.00. The Labute approximate surface area is 112 Å². The number of hydrogen-bond acceptors (Lipinski definition) is 4. The third kappa shape index (κ3) is 5.57. The standard InChI is InChI=1S/C12H18BNO3S/c1-9(2)6-7-12(15)14-18-11-5-3-4-10(8-11)13(16)17/h3-5,8-9,16-17H,6-7H2,1-2H3,(H,14,15). The highest BCUT2D eigenvalue weighted by Crippen LogP contribution is 2.13. The molecule has 4 nitrogen and oxygen atoms in total. The zero-order valence-corrected chi connectivity index (χ0v) is 11.4. The SMILES string of the molecule is CC(C)CCC(=O)NSc1cccc(B(O)O)c1. The summed E-state index contributed by atoms with van der Waals surface area (Å²) in [5.74, 6) is 0.497. The molecule has 0 aliphatic rings. The van der Waals surface area contributed by atoms with Crippen LogP contribution in [0.3, 0.4) is 0 Å². The second kappa shape index (κ2) is 7.46. The van der Waals surface area contributed by atoms with E-state index in [2.05, 4.69) is 18.6 Å². The second-order valence-corrected chi connectivity index (χ2v) is 5.39. The Hall–Kier alpha value is -0.975. The summed E-state index contributed by atoms with van der Waals surface area (Å²) in [5.41, 5.74) is 0.413. The average Bonchev–Trinajstić information content (AvgIpc) is 2.34. The van der Waals surface area contributed by atoms with Crippen LogP contribution in [0, 0.1) is 5.92 Å². The summed E-state index contributed by atoms with van der Waals surface area (Å²) < 4.78 is 2.73. The summed E-state index contributed by atoms with van der Waals surface area (Å²) in [6.45, 7) is 4.15. The van der Waals surface area contributed by atoms with Crippen LogP contribution in [0.15, 0.2) is 29.2 Å². The summed E-state index contributed by atoms with van der Waals surface area (Å²) in [6, 6.07) is 6.78. The molecule has 0 aromatic heterocycles.